The van der Waals surface area contributed by atoms with Crippen molar-refractivity contribution in [3.63, 3.8) is 0 Å². The van der Waals surface area contributed by atoms with E-state index < -0.39 is 0 Å². The Morgan fingerprint density at radius 2 is 2.09 bits per heavy atom. The molecule has 0 bridgehead atoms. The Kier molecular flexibility index (Phi) is 6.72. The molecular weight excluding hydrogens is 334 g/mol. The van der Waals surface area contributed by atoms with Crippen molar-refractivity contribution < 1.29 is 14.9 Å². The van der Waals surface area contributed by atoms with E-state index in [9.17, 15) is 10.2 Å². The predicted octanol–water partition coefficient (Wildman–Crippen LogP) is 3.89. The fourth-order valence-corrected chi connectivity index (χ4v) is 3.46. The number of phenols is 1. The first-order valence-corrected chi connectivity index (χ1v) is 8.78. The van der Waals surface area contributed by atoms with E-state index in [0.29, 0.717) is 17.3 Å². The molecule has 2 N–H and O–H groups in total. The molecule has 0 amide bonds. The molecule has 0 aliphatic heterocycles. The molecule has 0 aliphatic carbocycles. The van der Waals surface area contributed by atoms with Crippen LogP contribution in [0.2, 0.25) is 5.02 Å². The van der Waals surface area contributed by atoms with Gasteiger partial charge in [-0.3, -0.25) is 4.90 Å². The lowest BCUT2D eigenvalue weighted by molar-refractivity contribution is 0.107. The van der Waals surface area contributed by atoms with Gasteiger partial charge in [0, 0.05) is 24.0 Å². The summed E-state index contributed by atoms with van der Waals surface area (Å²) in [5, 5.41) is 22.1. The minimum Gasteiger partial charge on any atom is -0.503 e. The zero-order valence-electron chi connectivity index (χ0n) is 13.3. The zero-order chi connectivity index (χ0) is 16.8. The molecule has 126 valence electrons. The average molecular weight is 356 g/mol. The van der Waals surface area contributed by atoms with Gasteiger partial charge in [0.1, 0.15) is 0 Å². The SMILES string of the molecule is CC[C@@H](CO)N(Cc1cccs1)Cc1ccc(OC)c(O)c1Cl. The Balaban J connectivity index is 2.25. The molecule has 6 heteroatoms. The number of ether oxygens (including phenoxy) is 1. The van der Waals surface area contributed by atoms with E-state index in [1.54, 1.807) is 17.4 Å². The van der Waals surface area contributed by atoms with Crippen LogP contribution >= 0.6 is 22.9 Å². The van der Waals surface area contributed by atoms with Crippen molar-refractivity contribution in [2.75, 3.05) is 13.7 Å². The van der Waals surface area contributed by atoms with E-state index in [0.717, 1.165) is 18.5 Å². The topological polar surface area (TPSA) is 52.9 Å². The minimum atomic E-state index is -0.0419. The number of benzene rings is 1. The van der Waals surface area contributed by atoms with Crippen molar-refractivity contribution in [1.29, 1.82) is 0 Å². The minimum absolute atomic E-state index is 0.0393. The summed E-state index contributed by atoms with van der Waals surface area (Å²) in [5.41, 5.74) is 0.813. The summed E-state index contributed by atoms with van der Waals surface area (Å²) in [6, 6.07) is 7.70. The van der Waals surface area contributed by atoms with E-state index in [1.807, 2.05) is 17.5 Å². The third-order valence-corrected chi connectivity index (χ3v) is 5.17. The van der Waals surface area contributed by atoms with Gasteiger partial charge in [0.25, 0.3) is 0 Å². The van der Waals surface area contributed by atoms with Gasteiger partial charge in [-0.25, -0.2) is 0 Å². The lowest BCUT2D eigenvalue weighted by atomic mass is 10.1. The largest absolute Gasteiger partial charge is 0.503 e. The van der Waals surface area contributed by atoms with E-state index in [4.69, 9.17) is 16.3 Å². The van der Waals surface area contributed by atoms with Crippen molar-refractivity contribution in [2.24, 2.45) is 0 Å². The zero-order valence-corrected chi connectivity index (χ0v) is 14.9. The van der Waals surface area contributed by atoms with Gasteiger partial charge in [0.15, 0.2) is 11.5 Å². The quantitative estimate of drug-likeness (QED) is 0.754. The third kappa shape index (κ3) is 4.38. The molecule has 0 radical (unpaired) electrons. The molecule has 1 aromatic carbocycles. The van der Waals surface area contributed by atoms with Gasteiger partial charge < -0.3 is 14.9 Å². The number of hydrogen-bond acceptors (Lipinski definition) is 5. The summed E-state index contributed by atoms with van der Waals surface area (Å²) in [6.45, 7) is 3.42. The molecule has 0 fully saturated rings. The number of thiophene rings is 1. The van der Waals surface area contributed by atoms with Gasteiger partial charge >= 0.3 is 0 Å². The molecule has 2 rings (SSSR count). The number of hydrogen-bond donors (Lipinski definition) is 2. The molecule has 2 aromatic rings. The highest BCUT2D eigenvalue weighted by atomic mass is 35.5. The lowest BCUT2D eigenvalue weighted by Gasteiger charge is -2.30. The Morgan fingerprint density at radius 3 is 2.65 bits per heavy atom. The molecule has 0 saturated heterocycles. The predicted molar refractivity (Wildman–Crippen MR) is 94.4 cm³/mol. The molecule has 23 heavy (non-hydrogen) atoms. The molecule has 0 saturated carbocycles. The molecule has 4 nitrogen and oxygen atoms in total. The normalized spacial score (nSPS) is 12.6. The van der Waals surface area contributed by atoms with Crippen LogP contribution in [0.5, 0.6) is 11.5 Å². The Hall–Kier alpha value is -1.27. The molecule has 0 spiro atoms. The van der Waals surface area contributed by atoms with Gasteiger partial charge in [-0.15, -0.1) is 11.3 Å². The maximum Gasteiger partial charge on any atom is 0.177 e. The standard InChI is InChI=1S/C17H22ClNO3S/c1-3-13(11-20)19(10-14-5-4-8-23-14)9-12-6-7-15(22-2)17(21)16(12)18/h4-8,13,20-21H,3,9-11H2,1-2H3/t13-/m0/s1. The number of halogens is 1. The average Bonchev–Trinajstić information content (AvgIpc) is 3.06. The first-order valence-electron chi connectivity index (χ1n) is 7.52. The van der Waals surface area contributed by atoms with E-state index >= 15 is 0 Å². The van der Waals surface area contributed by atoms with Crippen LogP contribution < -0.4 is 4.74 Å². The number of aliphatic hydroxyl groups is 1. The smallest absolute Gasteiger partial charge is 0.177 e. The summed E-state index contributed by atoms with van der Waals surface area (Å²) in [7, 11) is 1.49. The molecule has 1 atom stereocenters. The highest BCUT2D eigenvalue weighted by Crippen LogP contribution is 2.37. The second-order valence-electron chi connectivity index (χ2n) is 5.32. The first kappa shape index (κ1) is 18.1. The van der Waals surface area contributed by atoms with Crippen LogP contribution in [-0.2, 0) is 13.1 Å². The molecule has 0 unspecified atom stereocenters. The van der Waals surface area contributed by atoms with Crippen LogP contribution in [0.3, 0.4) is 0 Å². The summed E-state index contributed by atoms with van der Waals surface area (Å²) >= 11 is 7.97. The van der Waals surface area contributed by atoms with Crippen molar-refractivity contribution in [1.82, 2.24) is 4.90 Å². The Bertz CT molecular complexity index is 615. The van der Waals surface area contributed by atoms with Crippen molar-refractivity contribution in [3.8, 4) is 11.5 Å². The number of aromatic hydroxyl groups is 1. The lowest BCUT2D eigenvalue weighted by Crippen LogP contribution is -2.36. The second kappa shape index (κ2) is 8.55. The third-order valence-electron chi connectivity index (χ3n) is 3.89. The van der Waals surface area contributed by atoms with Crippen LogP contribution in [0.15, 0.2) is 29.6 Å². The summed E-state index contributed by atoms with van der Waals surface area (Å²) in [6.07, 6.45) is 0.835. The van der Waals surface area contributed by atoms with Crippen molar-refractivity contribution in [3.05, 3.63) is 45.1 Å². The summed E-state index contributed by atoms with van der Waals surface area (Å²) in [5.74, 6) is 0.317. The van der Waals surface area contributed by atoms with E-state index in [-0.39, 0.29) is 18.4 Å². The van der Waals surface area contributed by atoms with Crippen molar-refractivity contribution in [2.45, 2.75) is 32.5 Å². The van der Waals surface area contributed by atoms with E-state index in [2.05, 4.69) is 17.9 Å². The van der Waals surface area contributed by atoms with E-state index in [1.165, 1.54) is 12.0 Å². The van der Waals surface area contributed by atoms with Gasteiger partial charge in [-0.2, -0.15) is 0 Å². The second-order valence-corrected chi connectivity index (χ2v) is 6.73. The van der Waals surface area contributed by atoms with Gasteiger partial charge in [-0.1, -0.05) is 30.7 Å². The Morgan fingerprint density at radius 1 is 1.30 bits per heavy atom. The number of methoxy groups -OCH3 is 1. The first-order chi connectivity index (χ1) is 11.1. The van der Waals surface area contributed by atoms with Gasteiger partial charge in [0.2, 0.25) is 0 Å². The number of phenolic OH excluding ortho intramolecular Hbond substituents is 1. The maximum atomic E-state index is 10.1. The fraction of sp³-hybridized carbons (Fsp3) is 0.412. The molecule has 1 aromatic heterocycles. The number of aliphatic hydroxyl groups excluding tert-OH is 1. The molecular formula is C17H22ClNO3S. The molecule has 0 aliphatic rings. The molecule has 1 heterocycles. The number of rotatable bonds is 8. The highest BCUT2D eigenvalue weighted by molar-refractivity contribution is 7.09. The van der Waals surface area contributed by atoms with Crippen LogP contribution in [0, 0.1) is 0 Å². The fourth-order valence-electron chi connectivity index (χ4n) is 2.51. The Labute approximate surface area is 145 Å². The maximum absolute atomic E-state index is 10.1. The van der Waals surface area contributed by atoms with Gasteiger partial charge in [0.05, 0.1) is 18.7 Å². The monoisotopic (exact) mass is 355 g/mol. The van der Waals surface area contributed by atoms with Crippen LogP contribution in [0.1, 0.15) is 23.8 Å². The van der Waals surface area contributed by atoms with Crippen LogP contribution in [0.4, 0.5) is 0 Å². The highest BCUT2D eigenvalue weighted by Gasteiger charge is 2.20. The van der Waals surface area contributed by atoms with Crippen LogP contribution in [0.25, 0.3) is 0 Å². The van der Waals surface area contributed by atoms with Gasteiger partial charge in [-0.05, 0) is 29.5 Å². The van der Waals surface area contributed by atoms with Crippen molar-refractivity contribution >= 4 is 22.9 Å². The summed E-state index contributed by atoms with van der Waals surface area (Å²) < 4.78 is 5.07. The number of nitrogens with zero attached hydrogens (tertiary/aromatic N) is 1. The van der Waals surface area contributed by atoms with Crippen LogP contribution in [-0.4, -0.2) is 34.9 Å². The summed E-state index contributed by atoms with van der Waals surface area (Å²) in [4.78, 5) is 3.41.